The van der Waals surface area contributed by atoms with Gasteiger partial charge in [-0.25, -0.2) is 0 Å². The molecule has 0 amide bonds. The summed E-state index contributed by atoms with van der Waals surface area (Å²) in [5.41, 5.74) is 3.93. The summed E-state index contributed by atoms with van der Waals surface area (Å²) < 4.78 is 0. The average Bonchev–Trinajstić information content (AvgIpc) is 3.21. The molecule has 0 unspecified atom stereocenters. The van der Waals surface area contributed by atoms with E-state index in [1.165, 1.54) is 26.9 Å². The van der Waals surface area contributed by atoms with Gasteiger partial charge in [0.1, 0.15) is 0 Å². The summed E-state index contributed by atoms with van der Waals surface area (Å²) >= 11 is 1.78. The van der Waals surface area contributed by atoms with Gasteiger partial charge in [-0.3, -0.25) is 4.99 Å². The Kier molecular flexibility index (Phi) is 5.54. The zero-order chi connectivity index (χ0) is 16.8. The molecule has 1 aromatic carbocycles. The third-order valence-electron chi connectivity index (χ3n) is 4.20. The van der Waals surface area contributed by atoms with Crippen molar-refractivity contribution in [2.45, 2.75) is 26.3 Å². The topological polar surface area (TPSA) is 52.2 Å². The summed E-state index contributed by atoms with van der Waals surface area (Å²) in [6.45, 7) is 3.87. The number of aryl methyl sites for hydroxylation is 2. The maximum Gasteiger partial charge on any atom is 0.191 e. The summed E-state index contributed by atoms with van der Waals surface area (Å²) in [7, 11) is 1.82. The lowest BCUT2D eigenvalue weighted by Gasteiger charge is -2.11. The third kappa shape index (κ3) is 3.97. The second kappa shape index (κ2) is 8.02. The highest BCUT2D eigenvalue weighted by atomic mass is 32.1. The van der Waals surface area contributed by atoms with Crippen LogP contribution in [-0.2, 0) is 13.0 Å². The molecular weight excluding hydrogens is 316 g/mol. The molecule has 0 radical (unpaired) electrons. The van der Waals surface area contributed by atoms with Crippen molar-refractivity contribution >= 4 is 28.2 Å². The number of thiophene rings is 1. The SMILES string of the molecule is CN=C(NCCCc1c[nH]c2ccccc12)NCc1sccc1C. The zero-order valence-corrected chi connectivity index (χ0v) is 15.0. The fourth-order valence-corrected chi connectivity index (χ4v) is 3.64. The van der Waals surface area contributed by atoms with Crippen LogP contribution in [-0.4, -0.2) is 24.5 Å². The van der Waals surface area contributed by atoms with E-state index >= 15 is 0 Å². The lowest BCUT2D eigenvalue weighted by atomic mass is 10.1. The van der Waals surface area contributed by atoms with Gasteiger partial charge < -0.3 is 15.6 Å². The molecule has 5 heteroatoms. The Hall–Kier alpha value is -2.27. The zero-order valence-electron chi connectivity index (χ0n) is 14.2. The van der Waals surface area contributed by atoms with Gasteiger partial charge >= 0.3 is 0 Å². The van der Waals surface area contributed by atoms with Crippen molar-refractivity contribution in [3.63, 3.8) is 0 Å². The van der Waals surface area contributed by atoms with Crippen LogP contribution in [0.5, 0.6) is 0 Å². The molecule has 2 heterocycles. The highest BCUT2D eigenvalue weighted by Crippen LogP contribution is 2.18. The van der Waals surface area contributed by atoms with E-state index in [9.17, 15) is 0 Å². The van der Waals surface area contributed by atoms with Gasteiger partial charge in [0, 0.05) is 35.6 Å². The van der Waals surface area contributed by atoms with Gasteiger partial charge in [0.05, 0.1) is 6.54 Å². The van der Waals surface area contributed by atoms with Crippen molar-refractivity contribution in [1.29, 1.82) is 0 Å². The minimum atomic E-state index is 0.825. The van der Waals surface area contributed by atoms with Crippen LogP contribution >= 0.6 is 11.3 Å². The van der Waals surface area contributed by atoms with Gasteiger partial charge in [-0.1, -0.05) is 18.2 Å². The molecule has 24 heavy (non-hydrogen) atoms. The smallest absolute Gasteiger partial charge is 0.191 e. The number of aromatic amines is 1. The molecule has 3 N–H and O–H groups in total. The molecule has 3 rings (SSSR count). The van der Waals surface area contributed by atoms with Crippen LogP contribution in [0.1, 0.15) is 22.4 Å². The lowest BCUT2D eigenvalue weighted by Crippen LogP contribution is -2.37. The van der Waals surface area contributed by atoms with E-state index in [0.29, 0.717) is 0 Å². The van der Waals surface area contributed by atoms with Crippen molar-refractivity contribution in [3.05, 3.63) is 57.9 Å². The van der Waals surface area contributed by atoms with Crippen molar-refractivity contribution in [1.82, 2.24) is 15.6 Å². The van der Waals surface area contributed by atoms with Gasteiger partial charge in [0.15, 0.2) is 5.96 Å². The molecule has 0 spiro atoms. The number of H-pyrrole nitrogens is 1. The molecule has 0 atom stereocenters. The number of guanidine groups is 1. The number of fused-ring (bicyclic) bond motifs is 1. The first kappa shape index (κ1) is 16.6. The Labute approximate surface area is 147 Å². The van der Waals surface area contributed by atoms with Crippen LogP contribution < -0.4 is 10.6 Å². The van der Waals surface area contributed by atoms with Crippen LogP contribution in [0.2, 0.25) is 0 Å². The first-order chi connectivity index (χ1) is 11.8. The molecule has 126 valence electrons. The maximum absolute atomic E-state index is 4.29. The van der Waals surface area contributed by atoms with Crippen LogP contribution in [0.25, 0.3) is 10.9 Å². The van der Waals surface area contributed by atoms with E-state index in [1.54, 1.807) is 11.3 Å². The van der Waals surface area contributed by atoms with Crippen LogP contribution in [0.3, 0.4) is 0 Å². The summed E-state index contributed by atoms with van der Waals surface area (Å²) in [6.07, 6.45) is 4.25. The Bertz CT molecular complexity index is 816. The van der Waals surface area contributed by atoms with Crippen molar-refractivity contribution in [2.75, 3.05) is 13.6 Å². The number of aliphatic imine (C=N–C) groups is 1. The maximum atomic E-state index is 4.29. The first-order valence-electron chi connectivity index (χ1n) is 8.30. The summed E-state index contributed by atoms with van der Waals surface area (Å²) in [5, 5.41) is 10.2. The number of hydrogen-bond acceptors (Lipinski definition) is 2. The van der Waals surface area contributed by atoms with Crippen molar-refractivity contribution in [3.8, 4) is 0 Å². The standard InChI is InChI=1S/C19H24N4S/c1-14-9-11-24-18(14)13-23-19(20-2)21-10-5-6-15-12-22-17-8-4-3-7-16(15)17/h3-4,7-9,11-12,22H,5-6,10,13H2,1-2H3,(H2,20,21,23). The second-order valence-corrected chi connectivity index (χ2v) is 6.84. The number of para-hydroxylation sites is 1. The molecule has 0 aliphatic heterocycles. The van der Waals surface area contributed by atoms with E-state index in [-0.39, 0.29) is 0 Å². The molecule has 0 bridgehead atoms. The number of nitrogens with zero attached hydrogens (tertiary/aromatic N) is 1. The fourth-order valence-electron chi connectivity index (χ4n) is 2.79. The quantitative estimate of drug-likeness (QED) is 0.363. The minimum absolute atomic E-state index is 0.825. The molecule has 2 aromatic heterocycles. The third-order valence-corrected chi connectivity index (χ3v) is 5.22. The molecule has 0 fully saturated rings. The molecule has 0 saturated carbocycles. The molecule has 4 nitrogen and oxygen atoms in total. The van der Waals surface area contributed by atoms with Gasteiger partial charge in [-0.05, 0) is 48.4 Å². The molecule has 0 aliphatic carbocycles. The average molecular weight is 340 g/mol. The van der Waals surface area contributed by atoms with E-state index in [0.717, 1.165) is 31.9 Å². The van der Waals surface area contributed by atoms with Gasteiger partial charge in [-0.2, -0.15) is 0 Å². The number of nitrogens with one attached hydrogen (secondary N) is 3. The summed E-state index contributed by atoms with van der Waals surface area (Å²) in [6, 6.07) is 10.6. The predicted molar refractivity (Wildman–Crippen MR) is 104 cm³/mol. The predicted octanol–water partition coefficient (Wildman–Crippen LogP) is 3.84. The minimum Gasteiger partial charge on any atom is -0.361 e. The van der Waals surface area contributed by atoms with Crippen molar-refractivity contribution < 1.29 is 0 Å². The van der Waals surface area contributed by atoms with E-state index in [1.807, 2.05) is 7.05 Å². The van der Waals surface area contributed by atoms with Crippen molar-refractivity contribution in [2.24, 2.45) is 4.99 Å². The summed E-state index contributed by atoms with van der Waals surface area (Å²) in [4.78, 5) is 8.99. The van der Waals surface area contributed by atoms with Crippen LogP contribution in [0, 0.1) is 6.92 Å². The number of benzene rings is 1. The number of rotatable bonds is 6. The van der Waals surface area contributed by atoms with Crippen LogP contribution in [0.15, 0.2) is 46.9 Å². The van der Waals surface area contributed by atoms with Gasteiger partial charge in [0.2, 0.25) is 0 Å². The molecule has 0 aliphatic rings. The Balaban J connectivity index is 1.44. The number of hydrogen-bond donors (Lipinski definition) is 3. The van der Waals surface area contributed by atoms with E-state index in [4.69, 9.17) is 0 Å². The highest BCUT2D eigenvalue weighted by molar-refractivity contribution is 7.10. The molecule has 3 aromatic rings. The molecule has 0 saturated heterocycles. The monoisotopic (exact) mass is 340 g/mol. The lowest BCUT2D eigenvalue weighted by molar-refractivity contribution is 0.745. The summed E-state index contributed by atoms with van der Waals surface area (Å²) in [5.74, 6) is 0.863. The Morgan fingerprint density at radius 1 is 1.21 bits per heavy atom. The van der Waals surface area contributed by atoms with Gasteiger partial charge in [0.25, 0.3) is 0 Å². The normalized spacial score (nSPS) is 11.8. The van der Waals surface area contributed by atoms with E-state index < -0.39 is 0 Å². The van der Waals surface area contributed by atoms with E-state index in [2.05, 4.69) is 69.4 Å². The van der Waals surface area contributed by atoms with Crippen LogP contribution in [0.4, 0.5) is 0 Å². The molecular formula is C19H24N4S. The highest BCUT2D eigenvalue weighted by Gasteiger charge is 2.04. The Morgan fingerprint density at radius 3 is 2.88 bits per heavy atom. The fraction of sp³-hybridized carbons (Fsp3) is 0.316. The van der Waals surface area contributed by atoms with Gasteiger partial charge in [-0.15, -0.1) is 11.3 Å². The first-order valence-corrected chi connectivity index (χ1v) is 9.18. The second-order valence-electron chi connectivity index (χ2n) is 5.84. The Morgan fingerprint density at radius 2 is 2.08 bits per heavy atom. The number of aromatic nitrogens is 1. The largest absolute Gasteiger partial charge is 0.361 e.